The Hall–Kier alpha value is -6.20. The molecule has 17 heteroatoms. The highest BCUT2D eigenvalue weighted by Crippen LogP contribution is 2.34. The highest BCUT2D eigenvalue weighted by atomic mass is 19.1. The Bertz CT molecular complexity index is 2520. The van der Waals surface area contributed by atoms with Gasteiger partial charge in [-0.25, -0.2) is 4.39 Å². The van der Waals surface area contributed by atoms with Crippen molar-refractivity contribution in [3.8, 4) is 0 Å². The number of aryl methyl sites for hydroxylation is 1. The molecule has 0 radical (unpaired) electrons. The van der Waals surface area contributed by atoms with Crippen molar-refractivity contribution in [2.45, 2.75) is 168 Å². The third kappa shape index (κ3) is 13.5. The van der Waals surface area contributed by atoms with Gasteiger partial charge in [-0.1, -0.05) is 108 Å². The number of amides is 7. The average molecular weight is 1020 g/mol. The number of hydrogen-bond acceptors (Lipinski definition) is 9. The van der Waals surface area contributed by atoms with E-state index >= 15 is 9.18 Å². The second-order valence-corrected chi connectivity index (χ2v) is 22.6. The van der Waals surface area contributed by atoms with Crippen LogP contribution < -0.4 is 31.9 Å². The summed E-state index contributed by atoms with van der Waals surface area (Å²) >= 11 is 0. The van der Waals surface area contributed by atoms with Gasteiger partial charge < -0.3 is 46.6 Å². The first kappa shape index (κ1) is 57.1. The zero-order valence-corrected chi connectivity index (χ0v) is 45.3. The van der Waals surface area contributed by atoms with Crippen LogP contribution in [0.3, 0.4) is 0 Å². The normalized spacial score (nSPS) is 20.6. The van der Waals surface area contributed by atoms with Crippen molar-refractivity contribution >= 4 is 41.4 Å². The third-order valence-electron chi connectivity index (χ3n) is 15.1. The first-order valence-corrected chi connectivity index (χ1v) is 26.3. The van der Waals surface area contributed by atoms with Gasteiger partial charge >= 0.3 is 0 Å². The van der Waals surface area contributed by atoms with E-state index in [1.807, 2.05) is 84.0 Å². The Balaban J connectivity index is 1.24. The van der Waals surface area contributed by atoms with Gasteiger partial charge in [0.25, 0.3) is 0 Å². The lowest BCUT2D eigenvalue weighted by Crippen LogP contribution is -2.62. The van der Waals surface area contributed by atoms with E-state index in [2.05, 4.69) is 38.0 Å². The van der Waals surface area contributed by atoms with Gasteiger partial charge in [0, 0.05) is 44.1 Å². The molecule has 9 atom stereocenters. The molecule has 0 saturated carbocycles. The van der Waals surface area contributed by atoms with Gasteiger partial charge in [0.1, 0.15) is 30.0 Å². The van der Waals surface area contributed by atoms with Crippen LogP contribution in [0.1, 0.15) is 134 Å². The maximum absolute atomic E-state index is 15.6. The molecular weight excluding hydrogens is 942 g/mol. The number of halogens is 1. The van der Waals surface area contributed by atoms with Crippen molar-refractivity contribution in [2.24, 2.45) is 10.8 Å². The third-order valence-corrected chi connectivity index (χ3v) is 15.1. The average Bonchev–Trinajstić information content (AvgIpc) is 3.80. The van der Waals surface area contributed by atoms with E-state index in [4.69, 9.17) is 0 Å². The lowest BCUT2D eigenvalue weighted by atomic mass is 9.84. The molecule has 1 fully saturated rings. The summed E-state index contributed by atoms with van der Waals surface area (Å²) < 4.78 is 15.6. The number of carbonyl (C=O) groups excluding carboxylic acids is 7. The maximum atomic E-state index is 15.6. The van der Waals surface area contributed by atoms with Crippen molar-refractivity contribution < 1.29 is 38.0 Å². The largest absolute Gasteiger partial charge is 0.351 e. The molecule has 1 saturated heterocycles. The van der Waals surface area contributed by atoms with Gasteiger partial charge in [-0.05, 0) is 106 Å². The smallest absolute Gasteiger partial charge is 0.246 e. The summed E-state index contributed by atoms with van der Waals surface area (Å²) in [5.41, 5.74) is 2.73. The number of carbonyl (C=O) groups is 7. The molecule has 74 heavy (non-hydrogen) atoms. The van der Waals surface area contributed by atoms with Gasteiger partial charge in [-0.2, -0.15) is 0 Å². The van der Waals surface area contributed by atoms with Crippen LogP contribution >= 0.6 is 0 Å². The number of likely N-dealkylation sites (tertiary alicyclic amines) is 1. The predicted octanol–water partition coefficient (Wildman–Crippen LogP) is 5.01. The summed E-state index contributed by atoms with van der Waals surface area (Å²) in [6.45, 7) is 16.4. The summed E-state index contributed by atoms with van der Waals surface area (Å²) in [4.78, 5) is 105. The lowest BCUT2D eigenvalue weighted by Gasteiger charge is -2.43. The molecule has 3 aromatic rings. The van der Waals surface area contributed by atoms with Gasteiger partial charge in [0.05, 0.1) is 24.2 Å². The molecule has 6 N–H and O–H groups in total. The first-order chi connectivity index (χ1) is 34.9. The topological polar surface area (TPSA) is 201 Å². The minimum Gasteiger partial charge on any atom is -0.351 e. The fourth-order valence-corrected chi connectivity index (χ4v) is 10.4. The van der Waals surface area contributed by atoms with Gasteiger partial charge in [0.2, 0.25) is 41.4 Å². The summed E-state index contributed by atoms with van der Waals surface area (Å²) in [7, 11) is 3.31. The number of fused-ring (bicyclic) bond motifs is 2. The zero-order valence-electron chi connectivity index (χ0n) is 45.3. The van der Waals surface area contributed by atoms with Crippen molar-refractivity contribution in [3.63, 3.8) is 0 Å². The van der Waals surface area contributed by atoms with Crippen LogP contribution in [0.5, 0.6) is 0 Å². The highest BCUT2D eigenvalue weighted by molar-refractivity contribution is 5.95. The Kier molecular flexibility index (Phi) is 18.8. The Morgan fingerprint density at radius 3 is 1.85 bits per heavy atom. The molecule has 6 rings (SSSR count). The van der Waals surface area contributed by atoms with Gasteiger partial charge in [-0.3, -0.25) is 33.6 Å². The number of rotatable bonds is 18. The maximum Gasteiger partial charge on any atom is 0.246 e. The summed E-state index contributed by atoms with van der Waals surface area (Å²) in [6.07, 6.45) is 2.91. The molecule has 402 valence electrons. The van der Waals surface area contributed by atoms with E-state index in [0.717, 1.165) is 41.5 Å². The zero-order chi connectivity index (χ0) is 54.2. The van der Waals surface area contributed by atoms with E-state index in [0.29, 0.717) is 0 Å². The fraction of sp³-hybridized carbons (Fsp3) is 0.561. The van der Waals surface area contributed by atoms with E-state index in [-0.39, 0.29) is 80.6 Å². The quantitative estimate of drug-likeness (QED) is 0.101. The minimum absolute atomic E-state index is 0.0137. The van der Waals surface area contributed by atoms with Gasteiger partial charge in [-0.15, -0.1) is 0 Å². The molecular formula is C57H80FN9O7. The molecule has 2 heterocycles. The molecule has 16 nitrogen and oxygen atoms in total. The van der Waals surface area contributed by atoms with E-state index < -0.39 is 82.7 Å². The summed E-state index contributed by atoms with van der Waals surface area (Å²) in [5, 5.41) is 18.0. The van der Waals surface area contributed by atoms with Crippen LogP contribution in [0.2, 0.25) is 0 Å². The molecule has 0 spiro atoms. The Morgan fingerprint density at radius 2 is 1.26 bits per heavy atom. The number of benzene rings is 3. The summed E-state index contributed by atoms with van der Waals surface area (Å²) in [6, 6.07) is 15.0. The van der Waals surface area contributed by atoms with Crippen LogP contribution in [0.4, 0.5) is 4.39 Å². The SMILES string of the molecule is CNC(C)C(=O)NC(C(=O)N1Cc2ccccc2CC1C(=O)N(CCCC(=O)N[C@H]1C[C@@H](C(=O)N[C@@H]2CCCc3ccccc32)N(C(=O)C(NC(=O)C(C)NC)C(C)(C)C)C1)[C@H](C)c1ccccc1F)C(C)(C)C. The Labute approximate surface area is 437 Å². The molecule has 0 bridgehead atoms. The monoisotopic (exact) mass is 1020 g/mol. The Morgan fingerprint density at radius 1 is 0.703 bits per heavy atom. The molecule has 1 aliphatic carbocycles. The minimum atomic E-state index is -1.03. The first-order valence-electron chi connectivity index (χ1n) is 26.3. The number of likely N-dealkylation sites (N-methyl/N-ethyl adjacent to an activating group) is 2. The molecule has 0 aromatic heterocycles. The van der Waals surface area contributed by atoms with Crippen LogP contribution in [0.25, 0.3) is 0 Å². The molecule has 3 aromatic carbocycles. The number of nitrogens with zero attached hydrogens (tertiary/aromatic N) is 3. The van der Waals surface area contributed by atoms with Crippen molar-refractivity contribution in [1.29, 1.82) is 0 Å². The van der Waals surface area contributed by atoms with Crippen LogP contribution in [-0.4, -0.2) is 126 Å². The van der Waals surface area contributed by atoms with Crippen LogP contribution in [0, 0.1) is 16.6 Å². The van der Waals surface area contributed by atoms with Crippen molar-refractivity contribution in [3.05, 3.63) is 106 Å². The van der Waals surface area contributed by atoms with Crippen molar-refractivity contribution in [2.75, 3.05) is 27.2 Å². The standard InChI is InChI=1S/C57H80FN9O7/c1-34(59-10)50(69)63-48(56(4,5)6)54(73)66-32-39-22-13-12-21-38(39)30-46(66)53(72)65(36(3)41-24-16-17-26-43(41)58)29-19-28-47(68)61-40-31-45(52(71)62-44-27-18-23-37-20-14-15-25-42(37)44)67(33-40)55(74)49(57(7,8)9)64-51(70)35(2)60-11/h12-17,20-22,24-26,34-36,40,44-46,48-49,59-60H,18-19,23,27-33H2,1-11H3,(H,61,68)(H,62,71)(H,63,69)(H,64,70)/t34?,35?,36-,40+,44-,45+,46?,48?,49?/m1/s1. The molecule has 5 unspecified atom stereocenters. The van der Waals surface area contributed by atoms with E-state index in [9.17, 15) is 28.8 Å². The number of nitrogens with one attached hydrogen (secondary N) is 6. The molecule has 7 amide bonds. The second-order valence-electron chi connectivity index (χ2n) is 22.6. The molecule has 2 aliphatic heterocycles. The second kappa shape index (κ2) is 24.4. The van der Waals surface area contributed by atoms with E-state index in [1.165, 1.54) is 20.8 Å². The van der Waals surface area contributed by atoms with Crippen LogP contribution in [0.15, 0.2) is 72.8 Å². The van der Waals surface area contributed by atoms with Crippen molar-refractivity contribution in [1.82, 2.24) is 46.6 Å². The van der Waals surface area contributed by atoms with Crippen LogP contribution in [-0.2, 0) is 52.9 Å². The number of hydrogen-bond donors (Lipinski definition) is 6. The van der Waals surface area contributed by atoms with Gasteiger partial charge in [0.15, 0.2) is 0 Å². The predicted molar refractivity (Wildman–Crippen MR) is 282 cm³/mol. The fourth-order valence-electron chi connectivity index (χ4n) is 10.4. The molecule has 3 aliphatic rings. The lowest BCUT2D eigenvalue weighted by molar-refractivity contribution is -0.152. The summed E-state index contributed by atoms with van der Waals surface area (Å²) in [5.74, 6) is -3.27. The van der Waals surface area contributed by atoms with E-state index in [1.54, 1.807) is 53.1 Å². The highest BCUT2D eigenvalue weighted by Gasteiger charge is 2.47.